The number of halogens is 1. The summed E-state index contributed by atoms with van der Waals surface area (Å²) in [4.78, 5) is 9.91. The van der Waals surface area contributed by atoms with Crippen molar-refractivity contribution in [3.05, 3.63) is 35.4 Å². The topological polar surface area (TPSA) is 52.1 Å². The molecule has 2 heterocycles. The lowest BCUT2D eigenvalue weighted by Crippen LogP contribution is -2.44. The third-order valence-corrected chi connectivity index (χ3v) is 5.78. The lowest BCUT2D eigenvalue weighted by molar-refractivity contribution is 0.0341. The Balaban J connectivity index is 0.00000300. The molecule has 1 atom stereocenters. The Hall–Kier alpha value is -0.900. The summed E-state index contributed by atoms with van der Waals surface area (Å²) in [7, 11) is 0. The molecule has 0 bridgehead atoms. The van der Waals surface area contributed by atoms with Crippen LogP contribution >= 0.6 is 24.0 Å². The van der Waals surface area contributed by atoms with Crippen LogP contribution in [0, 0.1) is 0 Å². The molecule has 2 aliphatic rings. The van der Waals surface area contributed by atoms with E-state index in [0.717, 1.165) is 58.4 Å². The summed E-state index contributed by atoms with van der Waals surface area (Å²) in [6, 6.07) is 9.32. The molecule has 1 aromatic carbocycles. The largest absolute Gasteiger partial charge is 0.379 e. The van der Waals surface area contributed by atoms with Gasteiger partial charge >= 0.3 is 0 Å². The van der Waals surface area contributed by atoms with Gasteiger partial charge in [0, 0.05) is 38.8 Å². The number of likely N-dealkylation sites (N-methyl/N-ethyl adjacent to an activating group) is 1. The molecule has 2 aliphatic heterocycles. The van der Waals surface area contributed by atoms with Crippen molar-refractivity contribution >= 4 is 29.9 Å². The molecular formula is C22H38IN5O. The average Bonchev–Trinajstić information content (AvgIpc) is 3.19. The highest BCUT2D eigenvalue weighted by Gasteiger charge is 2.22. The van der Waals surface area contributed by atoms with Crippen molar-refractivity contribution in [3.8, 4) is 0 Å². The van der Waals surface area contributed by atoms with Crippen LogP contribution in [0.25, 0.3) is 0 Å². The number of benzene rings is 1. The van der Waals surface area contributed by atoms with Crippen LogP contribution in [0.4, 0.5) is 0 Å². The van der Waals surface area contributed by atoms with E-state index < -0.39 is 0 Å². The lowest BCUT2D eigenvalue weighted by atomic mass is 10.1. The van der Waals surface area contributed by atoms with Crippen LogP contribution in [0.1, 0.15) is 37.8 Å². The zero-order chi connectivity index (χ0) is 19.6. The molecule has 0 spiro atoms. The van der Waals surface area contributed by atoms with E-state index in [-0.39, 0.29) is 24.0 Å². The second kappa shape index (κ2) is 13.4. The van der Waals surface area contributed by atoms with Crippen LogP contribution in [0.15, 0.2) is 29.3 Å². The van der Waals surface area contributed by atoms with Crippen LogP contribution in [-0.4, -0.2) is 74.3 Å². The van der Waals surface area contributed by atoms with Gasteiger partial charge in [-0.2, -0.15) is 0 Å². The average molecular weight is 515 g/mol. The molecule has 164 valence electrons. The lowest BCUT2D eigenvalue weighted by Gasteiger charge is -2.27. The van der Waals surface area contributed by atoms with Gasteiger partial charge in [-0.15, -0.1) is 24.0 Å². The van der Waals surface area contributed by atoms with E-state index >= 15 is 0 Å². The quantitative estimate of drug-likeness (QED) is 0.317. The number of rotatable bonds is 8. The monoisotopic (exact) mass is 515 g/mol. The summed E-state index contributed by atoms with van der Waals surface area (Å²) in [5.41, 5.74) is 2.68. The molecule has 1 unspecified atom stereocenters. The smallest absolute Gasteiger partial charge is 0.191 e. The van der Waals surface area contributed by atoms with Gasteiger partial charge in [-0.05, 0) is 44.0 Å². The van der Waals surface area contributed by atoms with Gasteiger partial charge in [-0.1, -0.05) is 31.2 Å². The normalized spacial score (nSPS) is 21.0. The van der Waals surface area contributed by atoms with Crippen LogP contribution in [0.3, 0.4) is 0 Å². The minimum Gasteiger partial charge on any atom is -0.379 e. The van der Waals surface area contributed by atoms with E-state index in [1.54, 1.807) is 0 Å². The van der Waals surface area contributed by atoms with Crippen molar-refractivity contribution in [2.24, 2.45) is 4.99 Å². The van der Waals surface area contributed by atoms with E-state index in [2.05, 4.69) is 58.5 Å². The number of guanidine groups is 1. The van der Waals surface area contributed by atoms with Crippen molar-refractivity contribution in [1.82, 2.24) is 20.4 Å². The first-order valence-electron chi connectivity index (χ1n) is 10.9. The van der Waals surface area contributed by atoms with Crippen molar-refractivity contribution < 1.29 is 4.74 Å². The number of morpholine rings is 1. The molecule has 0 radical (unpaired) electrons. The molecule has 2 N–H and O–H groups in total. The van der Waals surface area contributed by atoms with Gasteiger partial charge in [0.2, 0.25) is 0 Å². The van der Waals surface area contributed by atoms with Crippen LogP contribution in [-0.2, 0) is 17.8 Å². The van der Waals surface area contributed by atoms with Crippen LogP contribution in [0.2, 0.25) is 0 Å². The molecule has 0 aliphatic carbocycles. The molecule has 0 amide bonds. The summed E-state index contributed by atoms with van der Waals surface area (Å²) in [5, 5.41) is 6.97. The van der Waals surface area contributed by atoms with Crippen LogP contribution in [0.5, 0.6) is 0 Å². The van der Waals surface area contributed by atoms with E-state index in [0.29, 0.717) is 12.6 Å². The molecular weight excluding hydrogens is 477 g/mol. The number of hydrogen-bond acceptors (Lipinski definition) is 4. The minimum atomic E-state index is 0. The Morgan fingerprint density at radius 1 is 1.10 bits per heavy atom. The van der Waals surface area contributed by atoms with Gasteiger partial charge < -0.3 is 15.4 Å². The van der Waals surface area contributed by atoms with Gasteiger partial charge in [-0.3, -0.25) is 9.80 Å². The zero-order valence-electron chi connectivity index (χ0n) is 18.0. The van der Waals surface area contributed by atoms with Crippen molar-refractivity contribution in [1.29, 1.82) is 0 Å². The highest BCUT2D eigenvalue weighted by Crippen LogP contribution is 2.16. The van der Waals surface area contributed by atoms with Crippen molar-refractivity contribution in [2.75, 3.05) is 52.5 Å². The van der Waals surface area contributed by atoms with E-state index in [9.17, 15) is 0 Å². The summed E-state index contributed by atoms with van der Waals surface area (Å²) in [6.45, 7) is 14.0. The molecule has 7 heteroatoms. The fourth-order valence-electron chi connectivity index (χ4n) is 4.13. The third-order valence-electron chi connectivity index (χ3n) is 5.78. The molecule has 6 nitrogen and oxygen atoms in total. The molecule has 0 aromatic heterocycles. The summed E-state index contributed by atoms with van der Waals surface area (Å²) < 4.78 is 5.47. The van der Waals surface area contributed by atoms with Crippen LogP contribution < -0.4 is 10.6 Å². The predicted octanol–water partition coefficient (Wildman–Crippen LogP) is 2.68. The summed E-state index contributed by atoms with van der Waals surface area (Å²) >= 11 is 0. The van der Waals surface area contributed by atoms with Gasteiger partial charge in [0.25, 0.3) is 0 Å². The SMILES string of the molecule is CCNC(=NCc1ccccc1CN1CCOCC1)NCC1CCCN1CC.I. The number of ether oxygens (including phenoxy) is 1. The molecule has 1 aromatic rings. The fraction of sp³-hybridized carbons (Fsp3) is 0.682. The van der Waals surface area contributed by atoms with Crippen molar-refractivity contribution in [3.63, 3.8) is 0 Å². The Labute approximate surface area is 193 Å². The second-order valence-corrected chi connectivity index (χ2v) is 7.66. The summed E-state index contributed by atoms with van der Waals surface area (Å²) in [6.07, 6.45) is 2.59. The second-order valence-electron chi connectivity index (χ2n) is 7.66. The molecule has 3 rings (SSSR count). The van der Waals surface area contributed by atoms with E-state index in [1.807, 2.05) is 0 Å². The third kappa shape index (κ3) is 7.70. The molecule has 0 saturated carbocycles. The Morgan fingerprint density at radius 2 is 1.86 bits per heavy atom. The first kappa shape index (κ1) is 24.4. The Bertz CT molecular complexity index is 621. The maximum absolute atomic E-state index is 5.47. The number of likely N-dealkylation sites (tertiary alicyclic amines) is 1. The Morgan fingerprint density at radius 3 is 2.59 bits per heavy atom. The first-order chi connectivity index (χ1) is 13.8. The van der Waals surface area contributed by atoms with E-state index in [1.165, 1.54) is 30.5 Å². The maximum Gasteiger partial charge on any atom is 0.191 e. The fourth-order valence-corrected chi connectivity index (χ4v) is 4.13. The van der Waals surface area contributed by atoms with Gasteiger partial charge in [0.1, 0.15) is 0 Å². The predicted molar refractivity (Wildman–Crippen MR) is 131 cm³/mol. The maximum atomic E-state index is 5.47. The standard InChI is InChI=1S/C22H37N5O.HI/c1-3-23-22(25-17-21-10-7-11-27(21)4-2)24-16-19-8-5-6-9-20(19)18-26-12-14-28-15-13-26;/h5-6,8-9,21H,3-4,7,10-18H2,1-2H3,(H2,23,24,25);1H. The van der Waals surface area contributed by atoms with Crippen molar-refractivity contribution in [2.45, 2.75) is 45.8 Å². The van der Waals surface area contributed by atoms with Gasteiger partial charge in [0.05, 0.1) is 19.8 Å². The number of aliphatic imine (C=N–C) groups is 1. The highest BCUT2D eigenvalue weighted by molar-refractivity contribution is 14.0. The minimum absolute atomic E-state index is 0. The highest BCUT2D eigenvalue weighted by atomic mass is 127. The van der Waals surface area contributed by atoms with Gasteiger partial charge in [0.15, 0.2) is 5.96 Å². The number of hydrogen-bond donors (Lipinski definition) is 2. The molecule has 2 fully saturated rings. The summed E-state index contributed by atoms with van der Waals surface area (Å²) in [5.74, 6) is 0.923. The van der Waals surface area contributed by atoms with E-state index in [4.69, 9.17) is 9.73 Å². The Kier molecular flexibility index (Phi) is 11.3. The zero-order valence-corrected chi connectivity index (χ0v) is 20.4. The van der Waals surface area contributed by atoms with Gasteiger partial charge in [-0.25, -0.2) is 4.99 Å². The first-order valence-corrected chi connectivity index (χ1v) is 10.9. The molecule has 29 heavy (non-hydrogen) atoms. The molecule has 2 saturated heterocycles. The number of nitrogens with zero attached hydrogens (tertiary/aromatic N) is 3. The number of nitrogens with one attached hydrogen (secondary N) is 2.